The van der Waals surface area contributed by atoms with Crippen molar-refractivity contribution in [2.45, 2.75) is 50.7 Å². The first-order chi connectivity index (χ1) is 9.69. The van der Waals surface area contributed by atoms with Crippen molar-refractivity contribution in [3.8, 4) is 0 Å². The van der Waals surface area contributed by atoms with E-state index in [1.165, 1.54) is 25.7 Å². The number of benzene rings is 1. The fraction of sp³-hybridized carbons (Fsp3) is 0.647. The third-order valence-corrected chi connectivity index (χ3v) is 4.71. The van der Waals surface area contributed by atoms with Crippen LogP contribution in [-0.4, -0.2) is 35.7 Å². The van der Waals surface area contributed by atoms with Crippen LogP contribution in [0.3, 0.4) is 0 Å². The van der Waals surface area contributed by atoms with Gasteiger partial charge in [-0.05, 0) is 31.4 Å². The first kappa shape index (κ1) is 15.5. The molecule has 112 valence electrons. The van der Waals surface area contributed by atoms with Crippen molar-refractivity contribution in [2.24, 2.45) is 5.73 Å². The zero-order valence-corrected chi connectivity index (χ0v) is 12.6. The summed E-state index contributed by atoms with van der Waals surface area (Å²) in [5.41, 5.74) is 5.89. The number of nitrogens with two attached hydrogens (primary N) is 1. The minimum atomic E-state index is -0.896. The van der Waals surface area contributed by atoms with Crippen LogP contribution >= 0.6 is 0 Å². The summed E-state index contributed by atoms with van der Waals surface area (Å²) in [5.74, 6) is 0. The lowest BCUT2D eigenvalue weighted by molar-refractivity contribution is 0.0216. The number of hydrogen-bond donors (Lipinski definition) is 2. The van der Waals surface area contributed by atoms with E-state index in [1.807, 2.05) is 30.3 Å². The molecule has 1 aliphatic rings. The Morgan fingerprint density at radius 2 is 1.90 bits per heavy atom. The van der Waals surface area contributed by atoms with Gasteiger partial charge in [0.1, 0.15) is 5.60 Å². The summed E-state index contributed by atoms with van der Waals surface area (Å²) < 4.78 is 0. The van der Waals surface area contributed by atoms with Gasteiger partial charge in [0.25, 0.3) is 0 Å². The van der Waals surface area contributed by atoms with Crippen LogP contribution in [0.4, 0.5) is 0 Å². The van der Waals surface area contributed by atoms with Gasteiger partial charge in [0.15, 0.2) is 0 Å². The predicted molar refractivity (Wildman–Crippen MR) is 83.5 cm³/mol. The Labute approximate surface area is 122 Å². The average molecular weight is 276 g/mol. The van der Waals surface area contributed by atoms with E-state index in [2.05, 4.69) is 11.8 Å². The maximum Gasteiger partial charge on any atom is 0.103 e. The summed E-state index contributed by atoms with van der Waals surface area (Å²) in [6.07, 6.45) is 6.01. The molecule has 0 aromatic heterocycles. The highest BCUT2D eigenvalue weighted by molar-refractivity contribution is 5.22. The lowest BCUT2D eigenvalue weighted by atomic mass is 9.90. The van der Waals surface area contributed by atoms with Gasteiger partial charge in [-0.25, -0.2) is 0 Å². The van der Waals surface area contributed by atoms with Crippen LogP contribution in [0, 0.1) is 0 Å². The monoisotopic (exact) mass is 276 g/mol. The van der Waals surface area contributed by atoms with E-state index >= 15 is 0 Å². The van der Waals surface area contributed by atoms with Gasteiger partial charge in [-0.2, -0.15) is 0 Å². The van der Waals surface area contributed by atoms with Gasteiger partial charge < -0.3 is 15.7 Å². The van der Waals surface area contributed by atoms with Crippen LogP contribution in [0.15, 0.2) is 30.3 Å². The fourth-order valence-electron chi connectivity index (χ4n) is 3.31. The first-order valence-corrected chi connectivity index (χ1v) is 7.91. The highest BCUT2D eigenvalue weighted by atomic mass is 16.3. The molecule has 1 aromatic carbocycles. The third-order valence-electron chi connectivity index (χ3n) is 4.71. The Morgan fingerprint density at radius 1 is 1.25 bits per heavy atom. The molecule has 0 spiro atoms. The Hall–Kier alpha value is -0.900. The van der Waals surface area contributed by atoms with E-state index in [4.69, 9.17) is 5.73 Å². The second kappa shape index (κ2) is 7.21. The lowest BCUT2D eigenvalue weighted by Crippen LogP contribution is -2.41. The normalized spacial score (nSPS) is 19.4. The van der Waals surface area contributed by atoms with E-state index in [1.54, 1.807) is 0 Å². The number of aliphatic hydroxyl groups is 1. The Morgan fingerprint density at radius 3 is 2.45 bits per heavy atom. The molecule has 1 fully saturated rings. The van der Waals surface area contributed by atoms with Gasteiger partial charge in [-0.3, -0.25) is 0 Å². The summed E-state index contributed by atoms with van der Waals surface area (Å²) in [6.45, 7) is 4.46. The van der Waals surface area contributed by atoms with Crippen molar-refractivity contribution in [1.82, 2.24) is 4.90 Å². The molecule has 3 heteroatoms. The molecule has 0 heterocycles. The van der Waals surface area contributed by atoms with E-state index < -0.39 is 5.60 Å². The molecule has 1 saturated carbocycles. The van der Waals surface area contributed by atoms with Crippen molar-refractivity contribution in [1.29, 1.82) is 0 Å². The number of hydrogen-bond acceptors (Lipinski definition) is 3. The van der Waals surface area contributed by atoms with Crippen molar-refractivity contribution >= 4 is 0 Å². The standard InChI is InChI=1S/C17H28N2O/c1-2-19(16-10-6-7-11-16)13-12-17(20,14-18)15-8-4-3-5-9-15/h3-5,8-9,16,20H,2,6-7,10-14,18H2,1H3. The number of rotatable bonds is 7. The molecule has 20 heavy (non-hydrogen) atoms. The Kier molecular flexibility index (Phi) is 5.58. The largest absolute Gasteiger partial charge is 0.384 e. The minimum absolute atomic E-state index is 0.277. The van der Waals surface area contributed by atoms with Crippen LogP contribution in [0.25, 0.3) is 0 Å². The van der Waals surface area contributed by atoms with Gasteiger partial charge in [0.2, 0.25) is 0 Å². The first-order valence-electron chi connectivity index (χ1n) is 7.91. The van der Waals surface area contributed by atoms with Gasteiger partial charge in [-0.1, -0.05) is 50.1 Å². The summed E-state index contributed by atoms with van der Waals surface area (Å²) in [4.78, 5) is 2.51. The molecule has 0 aliphatic heterocycles. The molecule has 1 aromatic rings. The van der Waals surface area contributed by atoms with Crippen molar-refractivity contribution < 1.29 is 5.11 Å². The van der Waals surface area contributed by atoms with Gasteiger partial charge in [0.05, 0.1) is 0 Å². The molecule has 2 rings (SSSR count). The molecule has 3 nitrogen and oxygen atoms in total. The van der Waals surface area contributed by atoms with Crippen LogP contribution in [0.1, 0.15) is 44.6 Å². The molecule has 1 unspecified atom stereocenters. The predicted octanol–water partition coefficient (Wildman–Crippen LogP) is 2.49. The average Bonchev–Trinajstić information content (AvgIpc) is 3.03. The van der Waals surface area contributed by atoms with Crippen molar-refractivity contribution in [2.75, 3.05) is 19.6 Å². The van der Waals surface area contributed by atoms with Crippen LogP contribution in [0.2, 0.25) is 0 Å². The number of nitrogens with zero attached hydrogens (tertiary/aromatic N) is 1. The zero-order chi connectivity index (χ0) is 14.4. The zero-order valence-electron chi connectivity index (χ0n) is 12.6. The summed E-state index contributed by atoms with van der Waals surface area (Å²) in [6, 6.07) is 10.5. The molecule has 0 radical (unpaired) electrons. The van der Waals surface area contributed by atoms with Crippen molar-refractivity contribution in [3.63, 3.8) is 0 Å². The molecule has 3 N–H and O–H groups in total. The van der Waals surface area contributed by atoms with E-state index in [0.717, 1.165) is 18.7 Å². The maximum atomic E-state index is 10.8. The fourth-order valence-corrected chi connectivity index (χ4v) is 3.31. The van der Waals surface area contributed by atoms with Crippen LogP contribution in [-0.2, 0) is 5.60 Å². The van der Waals surface area contributed by atoms with E-state index in [-0.39, 0.29) is 6.54 Å². The maximum absolute atomic E-state index is 10.8. The summed E-state index contributed by atoms with van der Waals surface area (Å²) >= 11 is 0. The Bertz CT molecular complexity index is 389. The molecule has 1 aliphatic carbocycles. The van der Waals surface area contributed by atoms with Crippen molar-refractivity contribution in [3.05, 3.63) is 35.9 Å². The molecular formula is C17H28N2O. The molecule has 0 saturated heterocycles. The molecule has 0 bridgehead atoms. The third kappa shape index (κ3) is 3.60. The van der Waals surface area contributed by atoms with Gasteiger partial charge >= 0.3 is 0 Å². The quantitative estimate of drug-likeness (QED) is 0.804. The molecular weight excluding hydrogens is 248 g/mol. The van der Waals surface area contributed by atoms with Gasteiger partial charge in [0, 0.05) is 19.1 Å². The summed E-state index contributed by atoms with van der Waals surface area (Å²) in [7, 11) is 0. The van der Waals surface area contributed by atoms with Gasteiger partial charge in [-0.15, -0.1) is 0 Å². The van der Waals surface area contributed by atoms with Crippen LogP contribution in [0.5, 0.6) is 0 Å². The molecule has 0 amide bonds. The smallest absolute Gasteiger partial charge is 0.103 e. The topological polar surface area (TPSA) is 49.5 Å². The molecule has 1 atom stereocenters. The highest BCUT2D eigenvalue weighted by Crippen LogP contribution is 2.27. The highest BCUT2D eigenvalue weighted by Gasteiger charge is 2.29. The second-order valence-electron chi connectivity index (χ2n) is 5.92. The van der Waals surface area contributed by atoms with E-state index in [0.29, 0.717) is 12.5 Å². The second-order valence-corrected chi connectivity index (χ2v) is 5.92. The SMILES string of the molecule is CCN(CCC(O)(CN)c1ccccc1)C1CCCC1. The minimum Gasteiger partial charge on any atom is -0.384 e. The van der Waals surface area contributed by atoms with E-state index in [9.17, 15) is 5.11 Å². The van der Waals surface area contributed by atoms with Crippen LogP contribution < -0.4 is 5.73 Å². The summed E-state index contributed by atoms with van der Waals surface area (Å²) in [5, 5.41) is 10.8. The Balaban J connectivity index is 1.98. The lowest BCUT2D eigenvalue weighted by Gasteiger charge is -2.33.